The van der Waals surface area contributed by atoms with E-state index < -0.39 is 5.56 Å². The number of hydrogen-bond acceptors (Lipinski definition) is 4. The fourth-order valence-electron chi connectivity index (χ4n) is 4.01. The van der Waals surface area contributed by atoms with E-state index in [0.717, 1.165) is 11.1 Å². The summed E-state index contributed by atoms with van der Waals surface area (Å²) < 4.78 is 1.45. The molecule has 0 bridgehead atoms. The van der Waals surface area contributed by atoms with Crippen molar-refractivity contribution >= 4 is 22.5 Å². The predicted octanol–water partition coefficient (Wildman–Crippen LogP) is 5.55. The van der Waals surface area contributed by atoms with Crippen LogP contribution in [0.5, 0.6) is 0 Å². The highest BCUT2D eigenvalue weighted by Crippen LogP contribution is 2.29. The lowest BCUT2D eigenvalue weighted by Gasteiger charge is -2.16. The second kappa shape index (κ2) is 8.71. The van der Waals surface area contributed by atoms with Crippen LogP contribution in [0.15, 0.2) is 82.4 Å². The maximum absolute atomic E-state index is 13.7. The highest BCUT2D eigenvalue weighted by Gasteiger charge is 2.20. The van der Waals surface area contributed by atoms with Crippen LogP contribution in [0.2, 0.25) is 5.02 Å². The van der Waals surface area contributed by atoms with Gasteiger partial charge in [0.2, 0.25) is 0 Å². The monoisotopic (exact) mass is 478 g/mol. The minimum atomic E-state index is -0.574. The smallest absolute Gasteiger partial charge is 0.267 e. The van der Waals surface area contributed by atoms with Crippen LogP contribution in [0.25, 0.3) is 39.2 Å². The number of fused-ring (bicyclic) bond motifs is 1. The molecule has 0 aliphatic rings. The predicted molar refractivity (Wildman–Crippen MR) is 138 cm³/mol. The highest BCUT2D eigenvalue weighted by molar-refractivity contribution is 6.31. The Balaban J connectivity index is 1.89. The summed E-state index contributed by atoms with van der Waals surface area (Å²) in [5, 5.41) is 10.9. The second-order valence-corrected chi connectivity index (χ2v) is 8.71. The molecule has 6 nitrogen and oxygen atoms in total. The van der Waals surface area contributed by atoms with Crippen LogP contribution in [-0.4, -0.2) is 14.5 Å². The SMILES string of the molecule is Cc1ccc(-n2c(-c3cc(-c4ccc(C)c(Cl)c4)[nH]c(=O)c3C#N)nc3ccccc3c2=O)cc1. The van der Waals surface area contributed by atoms with Crippen molar-refractivity contribution in [1.82, 2.24) is 14.5 Å². The summed E-state index contributed by atoms with van der Waals surface area (Å²) >= 11 is 6.32. The van der Waals surface area contributed by atoms with Gasteiger partial charge < -0.3 is 4.98 Å². The molecular weight excluding hydrogens is 460 g/mol. The van der Waals surface area contributed by atoms with Gasteiger partial charge in [0.1, 0.15) is 17.5 Å². The summed E-state index contributed by atoms with van der Waals surface area (Å²) in [6, 6.07) is 23.5. The van der Waals surface area contributed by atoms with Crippen LogP contribution in [0.4, 0.5) is 0 Å². The Hall–Kier alpha value is -4.47. The number of H-pyrrole nitrogens is 1. The molecule has 0 atom stereocenters. The van der Waals surface area contributed by atoms with Gasteiger partial charge in [-0.2, -0.15) is 5.26 Å². The first-order valence-electron chi connectivity index (χ1n) is 10.9. The average molecular weight is 479 g/mol. The van der Waals surface area contributed by atoms with E-state index >= 15 is 0 Å². The molecule has 3 aromatic carbocycles. The molecule has 0 amide bonds. The number of rotatable bonds is 3. The number of aryl methyl sites for hydroxylation is 2. The number of para-hydroxylation sites is 1. The Morgan fingerprint density at radius 2 is 1.71 bits per heavy atom. The van der Waals surface area contributed by atoms with Crippen molar-refractivity contribution in [2.75, 3.05) is 0 Å². The van der Waals surface area contributed by atoms with Crippen molar-refractivity contribution in [3.63, 3.8) is 0 Å². The Bertz CT molecular complexity index is 1780. The number of aromatic nitrogens is 3. The number of nitriles is 1. The molecular formula is C28H19ClN4O2. The van der Waals surface area contributed by atoms with Crippen LogP contribution in [0.3, 0.4) is 0 Å². The molecule has 2 heterocycles. The Morgan fingerprint density at radius 1 is 0.971 bits per heavy atom. The molecule has 170 valence electrons. The second-order valence-electron chi connectivity index (χ2n) is 8.31. The van der Waals surface area contributed by atoms with E-state index in [1.807, 2.05) is 56.3 Å². The summed E-state index contributed by atoms with van der Waals surface area (Å²) in [5.41, 5.74) is 3.38. The third kappa shape index (κ3) is 3.92. The lowest BCUT2D eigenvalue weighted by molar-refractivity contribution is 0.971. The Labute approximate surface area is 205 Å². The van der Waals surface area contributed by atoms with Crippen LogP contribution in [-0.2, 0) is 0 Å². The van der Waals surface area contributed by atoms with Crippen molar-refractivity contribution in [3.8, 4) is 34.4 Å². The molecule has 0 saturated carbocycles. The van der Waals surface area contributed by atoms with Crippen LogP contribution < -0.4 is 11.1 Å². The third-order valence-electron chi connectivity index (χ3n) is 5.94. The molecule has 0 aliphatic carbocycles. The standard InChI is InChI=1S/C28H19ClN4O2/c1-16-7-11-19(12-8-16)33-26(31-24-6-4-3-5-20(24)28(33)35)21-14-25(32-27(34)22(21)15-30)18-10-9-17(2)23(29)13-18/h3-14H,1-2H3,(H,32,34). The van der Waals surface area contributed by atoms with Crippen molar-refractivity contribution in [1.29, 1.82) is 5.26 Å². The molecule has 5 rings (SSSR count). The minimum absolute atomic E-state index is 0.130. The number of nitrogens with zero attached hydrogens (tertiary/aromatic N) is 3. The van der Waals surface area contributed by atoms with Gasteiger partial charge >= 0.3 is 0 Å². The van der Waals surface area contributed by atoms with E-state index in [2.05, 4.69) is 4.98 Å². The zero-order valence-electron chi connectivity index (χ0n) is 19.0. The van der Waals surface area contributed by atoms with Crippen molar-refractivity contribution in [2.45, 2.75) is 13.8 Å². The van der Waals surface area contributed by atoms with Crippen molar-refractivity contribution < 1.29 is 0 Å². The summed E-state index contributed by atoms with van der Waals surface area (Å²) in [6.07, 6.45) is 0. The summed E-state index contributed by atoms with van der Waals surface area (Å²) in [7, 11) is 0. The maximum atomic E-state index is 13.7. The van der Waals surface area contributed by atoms with E-state index in [4.69, 9.17) is 16.6 Å². The number of benzene rings is 3. The zero-order chi connectivity index (χ0) is 24.7. The average Bonchev–Trinajstić information content (AvgIpc) is 2.86. The van der Waals surface area contributed by atoms with E-state index in [1.54, 1.807) is 36.4 Å². The van der Waals surface area contributed by atoms with Gasteiger partial charge in [-0.05, 0) is 61.4 Å². The van der Waals surface area contributed by atoms with E-state index in [9.17, 15) is 14.9 Å². The topological polar surface area (TPSA) is 91.5 Å². The van der Waals surface area contributed by atoms with Gasteiger partial charge in [-0.15, -0.1) is 0 Å². The molecule has 5 aromatic rings. The molecule has 0 fully saturated rings. The van der Waals surface area contributed by atoms with Gasteiger partial charge in [0, 0.05) is 16.3 Å². The minimum Gasteiger partial charge on any atom is -0.321 e. The van der Waals surface area contributed by atoms with Crippen molar-refractivity contribution in [2.24, 2.45) is 0 Å². The van der Waals surface area contributed by atoms with Gasteiger partial charge in [0.15, 0.2) is 0 Å². The summed E-state index contributed by atoms with van der Waals surface area (Å²) in [5.74, 6) is 0.208. The van der Waals surface area contributed by atoms with E-state index in [-0.39, 0.29) is 22.5 Å². The molecule has 0 radical (unpaired) electrons. The molecule has 1 N–H and O–H groups in total. The number of hydrogen-bond donors (Lipinski definition) is 1. The van der Waals surface area contributed by atoms with Crippen LogP contribution in [0.1, 0.15) is 16.7 Å². The van der Waals surface area contributed by atoms with E-state index in [1.165, 1.54) is 4.57 Å². The maximum Gasteiger partial charge on any atom is 0.267 e. The van der Waals surface area contributed by atoms with Gasteiger partial charge in [0.05, 0.1) is 16.6 Å². The number of halogens is 1. The molecule has 2 aromatic heterocycles. The van der Waals surface area contributed by atoms with Gasteiger partial charge in [0.25, 0.3) is 11.1 Å². The quantitative estimate of drug-likeness (QED) is 0.368. The first kappa shape index (κ1) is 22.3. The van der Waals surface area contributed by atoms with Gasteiger partial charge in [-0.1, -0.05) is 53.6 Å². The molecule has 0 spiro atoms. The molecule has 0 aliphatic heterocycles. The first-order valence-corrected chi connectivity index (χ1v) is 11.3. The van der Waals surface area contributed by atoms with E-state index in [0.29, 0.717) is 32.9 Å². The summed E-state index contributed by atoms with van der Waals surface area (Å²) in [4.78, 5) is 34.2. The zero-order valence-corrected chi connectivity index (χ0v) is 19.7. The Kier molecular flexibility index (Phi) is 5.56. The van der Waals surface area contributed by atoms with Gasteiger partial charge in [-0.3, -0.25) is 14.2 Å². The molecule has 7 heteroatoms. The molecule has 35 heavy (non-hydrogen) atoms. The third-order valence-corrected chi connectivity index (χ3v) is 6.34. The highest BCUT2D eigenvalue weighted by atomic mass is 35.5. The largest absolute Gasteiger partial charge is 0.321 e. The normalized spacial score (nSPS) is 10.9. The Morgan fingerprint density at radius 3 is 2.43 bits per heavy atom. The fourth-order valence-corrected chi connectivity index (χ4v) is 4.19. The first-order chi connectivity index (χ1) is 16.9. The van der Waals surface area contributed by atoms with Gasteiger partial charge in [-0.25, -0.2) is 4.98 Å². The lowest BCUT2D eigenvalue weighted by atomic mass is 10.0. The molecule has 0 saturated heterocycles. The molecule has 0 unspecified atom stereocenters. The number of nitrogens with one attached hydrogen (secondary N) is 1. The number of aromatic amines is 1. The summed E-state index contributed by atoms with van der Waals surface area (Å²) in [6.45, 7) is 3.84. The fraction of sp³-hybridized carbons (Fsp3) is 0.0714. The van der Waals surface area contributed by atoms with Crippen LogP contribution in [0, 0.1) is 25.2 Å². The van der Waals surface area contributed by atoms with Crippen LogP contribution >= 0.6 is 11.6 Å². The van der Waals surface area contributed by atoms with Crippen molar-refractivity contribution in [3.05, 3.63) is 115 Å². The number of pyridine rings is 1. The lowest BCUT2D eigenvalue weighted by Crippen LogP contribution is -2.23.